The number of hydrogen-bond donors (Lipinski definition) is 2. The molecular formula is C14H22N2O3. The first-order valence-electron chi connectivity index (χ1n) is 6.41. The SMILES string of the molecule is Cc1c(CNCC(C)(O)C(C)C)cccc1[N+](=O)[O-]. The van der Waals surface area contributed by atoms with Crippen LogP contribution in [-0.2, 0) is 6.54 Å². The molecule has 0 aliphatic carbocycles. The molecule has 1 aromatic rings. The van der Waals surface area contributed by atoms with Gasteiger partial charge in [0.1, 0.15) is 0 Å². The lowest BCUT2D eigenvalue weighted by molar-refractivity contribution is -0.385. The summed E-state index contributed by atoms with van der Waals surface area (Å²) in [6.45, 7) is 8.41. The van der Waals surface area contributed by atoms with Crippen LogP contribution in [0.4, 0.5) is 5.69 Å². The van der Waals surface area contributed by atoms with E-state index in [-0.39, 0.29) is 16.5 Å². The van der Waals surface area contributed by atoms with Crippen molar-refractivity contribution in [2.75, 3.05) is 6.54 Å². The summed E-state index contributed by atoms with van der Waals surface area (Å²) >= 11 is 0. The van der Waals surface area contributed by atoms with Gasteiger partial charge in [0.25, 0.3) is 5.69 Å². The molecule has 0 aliphatic heterocycles. The number of rotatable bonds is 6. The second-order valence-electron chi connectivity index (χ2n) is 5.43. The van der Waals surface area contributed by atoms with Crippen molar-refractivity contribution in [1.29, 1.82) is 0 Å². The summed E-state index contributed by atoms with van der Waals surface area (Å²) in [6.07, 6.45) is 0. The van der Waals surface area contributed by atoms with Gasteiger partial charge >= 0.3 is 0 Å². The third kappa shape index (κ3) is 4.01. The first-order chi connectivity index (χ1) is 8.75. The van der Waals surface area contributed by atoms with E-state index in [4.69, 9.17) is 0 Å². The Morgan fingerprint density at radius 1 is 1.47 bits per heavy atom. The Hall–Kier alpha value is -1.46. The van der Waals surface area contributed by atoms with Gasteiger partial charge in [-0.05, 0) is 25.3 Å². The molecule has 0 saturated carbocycles. The van der Waals surface area contributed by atoms with E-state index in [0.29, 0.717) is 18.7 Å². The van der Waals surface area contributed by atoms with Crippen LogP contribution in [0.15, 0.2) is 18.2 Å². The lowest BCUT2D eigenvalue weighted by atomic mass is 9.92. The van der Waals surface area contributed by atoms with Gasteiger partial charge in [-0.1, -0.05) is 26.0 Å². The lowest BCUT2D eigenvalue weighted by Crippen LogP contribution is -2.42. The fourth-order valence-electron chi connectivity index (χ4n) is 1.71. The number of nitrogens with zero attached hydrogens (tertiary/aromatic N) is 1. The van der Waals surface area contributed by atoms with Crippen molar-refractivity contribution in [2.24, 2.45) is 5.92 Å². The summed E-state index contributed by atoms with van der Waals surface area (Å²) < 4.78 is 0. The Morgan fingerprint density at radius 3 is 2.63 bits per heavy atom. The maximum absolute atomic E-state index is 10.8. The van der Waals surface area contributed by atoms with Gasteiger partial charge in [0.2, 0.25) is 0 Å². The molecule has 0 saturated heterocycles. The van der Waals surface area contributed by atoms with Crippen molar-refractivity contribution >= 4 is 5.69 Å². The van der Waals surface area contributed by atoms with Gasteiger partial charge in [-0.2, -0.15) is 0 Å². The molecule has 106 valence electrons. The highest BCUT2D eigenvalue weighted by Gasteiger charge is 2.24. The zero-order valence-corrected chi connectivity index (χ0v) is 11.9. The number of nitrogens with one attached hydrogen (secondary N) is 1. The standard InChI is InChI=1S/C14H22N2O3/c1-10(2)14(4,17)9-15-8-12-6-5-7-13(11(12)3)16(18)19/h5-7,10,15,17H,8-9H2,1-4H3. The Kier molecular flexibility index (Phi) is 5.03. The molecule has 5 nitrogen and oxygen atoms in total. The smallest absolute Gasteiger partial charge is 0.272 e. The maximum atomic E-state index is 10.8. The van der Waals surface area contributed by atoms with Crippen LogP contribution in [0.2, 0.25) is 0 Å². The largest absolute Gasteiger partial charge is 0.389 e. The van der Waals surface area contributed by atoms with E-state index >= 15 is 0 Å². The van der Waals surface area contributed by atoms with E-state index in [1.165, 1.54) is 6.07 Å². The predicted octanol–water partition coefficient (Wildman–Crippen LogP) is 2.40. The summed E-state index contributed by atoms with van der Waals surface area (Å²) in [6, 6.07) is 5.05. The van der Waals surface area contributed by atoms with Gasteiger partial charge in [0.15, 0.2) is 0 Å². The summed E-state index contributed by atoms with van der Waals surface area (Å²) in [5.41, 5.74) is 0.905. The first kappa shape index (κ1) is 15.6. The van der Waals surface area contributed by atoms with Gasteiger partial charge < -0.3 is 10.4 Å². The number of nitro groups is 1. The molecular weight excluding hydrogens is 244 g/mol. The fraction of sp³-hybridized carbons (Fsp3) is 0.571. The second-order valence-corrected chi connectivity index (χ2v) is 5.43. The number of hydrogen-bond acceptors (Lipinski definition) is 4. The highest BCUT2D eigenvalue weighted by Crippen LogP contribution is 2.21. The van der Waals surface area contributed by atoms with E-state index in [0.717, 1.165) is 5.56 Å². The maximum Gasteiger partial charge on any atom is 0.272 e. The molecule has 5 heteroatoms. The van der Waals surface area contributed by atoms with Gasteiger partial charge in [-0.3, -0.25) is 10.1 Å². The van der Waals surface area contributed by atoms with E-state index in [1.54, 1.807) is 19.9 Å². The van der Waals surface area contributed by atoms with Crippen molar-refractivity contribution < 1.29 is 10.0 Å². The zero-order chi connectivity index (χ0) is 14.6. The Balaban J connectivity index is 2.69. The minimum absolute atomic E-state index is 0.134. The molecule has 0 radical (unpaired) electrons. The molecule has 0 fully saturated rings. The van der Waals surface area contributed by atoms with E-state index in [1.807, 2.05) is 19.9 Å². The first-order valence-corrected chi connectivity index (χ1v) is 6.41. The number of nitro benzene ring substituents is 1. The quantitative estimate of drug-likeness (QED) is 0.612. The fourth-order valence-corrected chi connectivity index (χ4v) is 1.71. The van der Waals surface area contributed by atoms with Crippen molar-refractivity contribution in [3.8, 4) is 0 Å². The van der Waals surface area contributed by atoms with Crippen LogP contribution in [0.3, 0.4) is 0 Å². The molecule has 1 unspecified atom stereocenters. The zero-order valence-electron chi connectivity index (χ0n) is 11.9. The van der Waals surface area contributed by atoms with Crippen molar-refractivity contribution in [3.05, 3.63) is 39.4 Å². The number of benzene rings is 1. The van der Waals surface area contributed by atoms with Crippen LogP contribution >= 0.6 is 0 Å². The third-order valence-electron chi connectivity index (χ3n) is 3.66. The van der Waals surface area contributed by atoms with Gasteiger partial charge in [0, 0.05) is 24.7 Å². The average Bonchev–Trinajstić information content (AvgIpc) is 2.30. The van der Waals surface area contributed by atoms with Crippen molar-refractivity contribution in [2.45, 2.75) is 39.8 Å². The topological polar surface area (TPSA) is 75.4 Å². The van der Waals surface area contributed by atoms with Gasteiger partial charge in [-0.25, -0.2) is 0 Å². The second kappa shape index (κ2) is 6.12. The van der Waals surface area contributed by atoms with Crippen LogP contribution in [0.25, 0.3) is 0 Å². The molecule has 1 aromatic carbocycles. The highest BCUT2D eigenvalue weighted by atomic mass is 16.6. The normalized spacial score (nSPS) is 14.4. The third-order valence-corrected chi connectivity index (χ3v) is 3.66. The summed E-state index contributed by atoms with van der Waals surface area (Å²) in [5.74, 6) is 0.145. The molecule has 0 aromatic heterocycles. The molecule has 0 spiro atoms. The molecule has 2 N–H and O–H groups in total. The molecule has 0 amide bonds. The van der Waals surface area contributed by atoms with E-state index in [9.17, 15) is 15.2 Å². The molecule has 1 rings (SSSR count). The minimum atomic E-state index is -0.783. The van der Waals surface area contributed by atoms with Gasteiger partial charge in [-0.15, -0.1) is 0 Å². The van der Waals surface area contributed by atoms with Crippen LogP contribution < -0.4 is 5.32 Å². The molecule has 19 heavy (non-hydrogen) atoms. The Bertz CT molecular complexity index is 456. The lowest BCUT2D eigenvalue weighted by Gasteiger charge is -2.28. The molecule has 0 heterocycles. The van der Waals surface area contributed by atoms with Crippen molar-refractivity contribution in [3.63, 3.8) is 0 Å². The Morgan fingerprint density at radius 2 is 2.11 bits per heavy atom. The van der Waals surface area contributed by atoms with Crippen LogP contribution in [0, 0.1) is 23.0 Å². The Labute approximate surface area is 113 Å². The van der Waals surface area contributed by atoms with Crippen molar-refractivity contribution in [1.82, 2.24) is 5.32 Å². The van der Waals surface area contributed by atoms with E-state index in [2.05, 4.69) is 5.32 Å². The van der Waals surface area contributed by atoms with Gasteiger partial charge in [0.05, 0.1) is 10.5 Å². The molecule has 0 bridgehead atoms. The highest BCUT2D eigenvalue weighted by molar-refractivity contribution is 5.44. The van der Waals surface area contributed by atoms with Crippen LogP contribution in [-0.4, -0.2) is 22.2 Å². The average molecular weight is 266 g/mol. The molecule has 1 atom stereocenters. The van der Waals surface area contributed by atoms with Crippen LogP contribution in [0.1, 0.15) is 31.9 Å². The predicted molar refractivity (Wildman–Crippen MR) is 75.0 cm³/mol. The van der Waals surface area contributed by atoms with Crippen LogP contribution in [0.5, 0.6) is 0 Å². The minimum Gasteiger partial charge on any atom is -0.389 e. The molecule has 0 aliphatic rings. The monoisotopic (exact) mass is 266 g/mol. The summed E-state index contributed by atoms with van der Waals surface area (Å²) in [7, 11) is 0. The van der Waals surface area contributed by atoms with E-state index < -0.39 is 5.60 Å². The summed E-state index contributed by atoms with van der Waals surface area (Å²) in [4.78, 5) is 10.5. The summed E-state index contributed by atoms with van der Waals surface area (Å²) in [5, 5.41) is 24.1. The number of aliphatic hydroxyl groups is 1.